The molecule has 0 N–H and O–H groups in total. The SMILES string of the molecule is C1=CC(c2cccc(-c3ccccc3)c2)=N[N]1. The standard InChI is InChI=1S/C15H11N2/c1-2-5-12(6-3-1)13-7-4-8-14(11-13)15-9-10-16-17-15/h1-11H. The van der Waals surface area contributed by atoms with E-state index in [0.717, 1.165) is 11.3 Å². The van der Waals surface area contributed by atoms with Gasteiger partial charge in [0.25, 0.3) is 0 Å². The molecule has 17 heavy (non-hydrogen) atoms. The summed E-state index contributed by atoms with van der Waals surface area (Å²) < 4.78 is 0. The minimum Gasteiger partial charge on any atom is -0.158 e. The molecule has 0 saturated carbocycles. The molecule has 0 fully saturated rings. The number of benzene rings is 2. The second kappa shape index (κ2) is 4.26. The summed E-state index contributed by atoms with van der Waals surface area (Å²) in [5.41, 5.74) is 8.29. The molecule has 1 aliphatic rings. The molecule has 2 aromatic carbocycles. The first kappa shape index (κ1) is 9.85. The highest BCUT2D eigenvalue weighted by Crippen LogP contribution is 2.20. The van der Waals surface area contributed by atoms with Crippen molar-refractivity contribution in [1.29, 1.82) is 0 Å². The Hall–Kier alpha value is -2.35. The van der Waals surface area contributed by atoms with Gasteiger partial charge in [-0.15, -0.1) is 0 Å². The molecule has 0 atom stereocenters. The van der Waals surface area contributed by atoms with Crippen molar-refractivity contribution in [2.24, 2.45) is 5.10 Å². The Bertz CT molecular complexity index is 583. The molecule has 0 saturated heterocycles. The third kappa shape index (κ3) is 1.97. The molecule has 0 aliphatic carbocycles. The van der Waals surface area contributed by atoms with Crippen molar-refractivity contribution in [3.05, 3.63) is 72.4 Å². The molecule has 0 aromatic heterocycles. The van der Waals surface area contributed by atoms with Crippen LogP contribution in [0.3, 0.4) is 0 Å². The maximum Gasteiger partial charge on any atom is 0.0945 e. The van der Waals surface area contributed by atoms with Crippen LogP contribution in [0.5, 0.6) is 0 Å². The van der Waals surface area contributed by atoms with Crippen molar-refractivity contribution in [2.75, 3.05) is 0 Å². The normalized spacial score (nSPS) is 13.3. The molecule has 0 spiro atoms. The zero-order chi connectivity index (χ0) is 11.5. The minimum atomic E-state index is 0.919. The van der Waals surface area contributed by atoms with Gasteiger partial charge in [0, 0.05) is 5.56 Å². The van der Waals surface area contributed by atoms with E-state index in [1.165, 1.54) is 11.1 Å². The third-order valence-electron chi connectivity index (χ3n) is 2.73. The summed E-state index contributed by atoms with van der Waals surface area (Å²) in [5, 5.41) is 4.07. The highest BCUT2D eigenvalue weighted by Gasteiger charge is 2.05. The largest absolute Gasteiger partial charge is 0.158 e. The highest BCUT2D eigenvalue weighted by atomic mass is 15.3. The third-order valence-corrected chi connectivity index (χ3v) is 2.73. The second-order valence-electron chi connectivity index (χ2n) is 3.86. The van der Waals surface area contributed by atoms with Crippen LogP contribution in [0.1, 0.15) is 5.56 Å². The first-order valence-electron chi connectivity index (χ1n) is 5.54. The molecule has 2 nitrogen and oxygen atoms in total. The summed E-state index contributed by atoms with van der Waals surface area (Å²) in [7, 11) is 0. The van der Waals surface area contributed by atoms with Gasteiger partial charge in [-0.3, -0.25) is 0 Å². The van der Waals surface area contributed by atoms with Crippen molar-refractivity contribution in [2.45, 2.75) is 0 Å². The molecule has 0 bridgehead atoms. The van der Waals surface area contributed by atoms with E-state index in [4.69, 9.17) is 0 Å². The average molecular weight is 219 g/mol. The Morgan fingerprint density at radius 3 is 2.24 bits per heavy atom. The summed E-state index contributed by atoms with van der Waals surface area (Å²) in [6, 6.07) is 18.7. The van der Waals surface area contributed by atoms with Crippen LogP contribution in [0.25, 0.3) is 11.1 Å². The fraction of sp³-hybridized carbons (Fsp3) is 0. The van der Waals surface area contributed by atoms with Crippen LogP contribution in [0.4, 0.5) is 0 Å². The quantitative estimate of drug-likeness (QED) is 0.741. The van der Waals surface area contributed by atoms with E-state index in [1.54, 1.807) is 6.20 Å². The van der Waals surface area contributed by atoms with E-state index in [1.807, 2.05) is 30.3 Å². The Morgan fingerprint density at radius 1 is 0.706 bits per heavy atom. The van der Waals surface area contributed by atoms with Gasteiger partial charge in [-0.1, -0.05) is 48.5 Å². The minimum absolute atomic E-state index is 0.919. The molecule has 1 heterocycles. The fourth-order valence-corrected chi connectivity index (χ4v) is 1.88. The number of hydrogen-bond acceptors (Lipinski definition) is 1. The summed E-state index contributed by atoms with van der Waals surface area (Å²) in [4.78, 5) is 0. The van der Waals surface area contributed by atoms with E-state index in [2.05, 4.69) is 40.9 Å². The smallest absolute Gasteiger partial charge is 0.0945 e. The Kier molecular flexibility index (Phi) is 2.47. The Labute approximate surface area is 100 Å². The maximum absolute atomic E-state index is 4.07. The lowest BCUT2D eigenvalue weighted by molar-refractivity contribution is 0.972. The summed E-state index contributed by atoms with van der Waals surface area (Å²) in [6.07, 6.45) is 3.63. The van der Waals surface area contributed by atoms with Crippen LogP contribution >= 0.6 is 0 Å². The van der Waals surface area contributed by atoms with Gasteiger partial charge >= 0.3 is 0 Å². The zero-order valence-electron chi connectivity index (χ0n) is 9.25. The van der Waals surface area contributed by atoms with Gasteiger partial charge in [-0.05, 0) is 23.3 Å². The molecular formula is C15H11N2. The zero-order valence-corrected chi connectivity index (χ0v) is 9.25. The van der Waals surface area contributed by atoms with Gasteiger partial charge in [0.15, 0.2) is 0 Å². The van der Waals surface area contributed by atoms with Crippen LogP contribution < -0.4 is 5.43 Å². The number of nitrogens with zero attached hydrogens (tertiary/aromatic N) is 2. The number of hydrogen-bond donors (Lipinski definition) is 0. The lowest BCUT2D eigenvalue weighted by Crippen LogP contribution is -1.94. The highest BCUT2D eigenvalue weighted by molar-refractivity contribution is 6.09. The van der Waals surface area contributed by atoms with E-state index in [-0.39, 0.29) is 0 Å². The predicted octanol–water partition coefficient (Wildman–Crippen LogP) is 3.19. The van der Waals surface area contributed by atoms with Crippen molar-refractivity contribution >= 4 is 5.71 Å². The monoisotopic (exact) mass is 219 g/mol. The van der Waals surface area contributed by atoms with E-state index < -0.39 is 0 Å². The Balaban J connectivity index is 2.03. The van der Waals surface area contributed by atoms with Crippen molar-refractivity contribution < 1.29 is 0 Å². The van der Waals surface area contributed by atoms with Crippen molar-refractivity contribution in [1.82, 2.24) is 5.43 Å². The number of allylic oxidation sites excluding steroid dienone is 1. The molecule has 1 aliphatic heterocycles. The van der Waals surface area contributed by atoms with Crippen LogP contribution in [-0.4, -0.2) is 5.71 Å². The fourth-order valence-electron chi connectivity index (χ4n) is 1.88. The van der Waals surface area contributed by atoms with Crippen LogP contribution in [0.15, 0.2) is 72.0 Å². The summed E-state index contributed by atoms with van der Waals surface area (Å²) in [6.45, 7) is 0. The molecule has 2 heteroatoms. The van der Waals surface area contributed by atoms with Gasteiger partial charge in [-0.2, -0.15) is 10.5 Å². The van der Waals surface area contributed by atoms with Gasteiger partial charge in [0.2, 0.25) is 0 Å². The topological polar surface area (TPSA) is 26.5 Å². The van der Waals surface area contributed by atoms with Gasteiger partial charge < -0.3 is 0 Å². The number of rotatable bonds is 2. The molecule has 1 radical (unpaired) electrons. The Morgan fingerprint density at radius 2 is 1.47 bits per heavy atom. The molecule has 0 amide bonds. The molecule has 81 valence electrons. The molecule has 0 unspecified atom stereocenters. The lowest BCUT2D eigenvalue weighted by Gasteiger charge is -2.04. The van der Waals surface area contributed by atoms with Crippen LogP contribution in [0.2, 0.25) is 0 Å². The van der Waals surface area contributed by atoms with Gasteiger partial charge in [0.1, 0.15) is 0 Å². The first-order valence-corrected chi connectivity index (χ1v) is 5.54. The molecular weight excluding hydrogens is 208 g/mol. The van der Waals surface area contributed by atoms with E-state index >= 15 is 0 Å². The average Bonchev–Trinajstić information content (AvgIpc) is 2.94. The van der Waals surface area contributed by atoms with Gasteiger partial charge in [-0.25, -0.2) is 0 Å². The van der Waals surface area contributed by atoms with E-state index in [9.17, 15) is 0 Å². The van der Waals surface area contributed by atoms with E-state index in [0.29, 0.717) is 0 Å². The first-order chi connectivity index (χ1) is 8.43. The summed E-state index contributed by atoms with van der Waals surface area (Å²) in [5.74, 6) is 0. The van der Waals surface area contributed by atoms with Crippen LogP contribution in [0, 0.1) is 0 Å². The lowest BCUT2D eigenvalue weighted by atomic mass is 10.0. The second-order valence-corrected chi connectivity index (χ2v) is 3.86. The maximum atomic E-state index is 4.07. The van der Waals surface area contributed by atoms with Crippen LogP contribution in [-0.2, 0) is 0 Å². The van der Waals surface area contributed by atoms with Crippen molar-refractivity contribution in [3.63, 3.8) is 0 Å². The molecule has 3 rings (SSSR count). The molecule has 2 aromatic rings. The van der Waals surface area contributed by atoms with Crippen molar-refractivity contribution in [3.8, 4) is 11.1 Å². The summed E-state index contributed by atoms with van der Waals surface area (Å²) >= 11 is 0. The van der Waals surface area contributed by atoms with Gasteiger partial charge in [0.05, 0.1) is 11.9 Å². The predicted molar refractivity (Wildman–Crippen MR) is 69.7 cm³/mol.